The molecule has 2 aromatic rings. The number of allylic oxidation sites excluding steroid dienone is 3. The number of esters is 3. The summed E-state index contributed by atoms with van der Waals surface area (Å²) in [5.41, 5.74) is 4.45. The van der Waals surface area contributed by atoms with Crippen molar-refractivity contribution < 1.29 is 28.6 Å². The van der Waals surface area contributed by atoms with E-state index >= 15 is 0 Å². The van der Waals surface area contributed by atoms with Crippen molar-refractivity contribution in [2.45, 2.75) is 105 Å². The van der Waals surface area contributed by atoms with Gasteiger partial charge >= 0.3 is 17.9 Å². The summed E-state index contributed by atoms with van der Waals surface area (Å²) < 4.78 is 18.3. The molecule has 48 heavy (non-hydrogen) atoms. The Morgan fingerprint density at radius 2 is 1.29 bits per heavy atom. The molecule has 0 saturated heterocycles. The van der Waals surface area contributed by atoms with Crippen molar-refractivity contribution in [2.24, 2.45) is 40.4 Å². The van der Waals surface area contributed by atoms with E-state index in [2.05, 4.69) is 81.5 Å². The van der Waals surface area contributed by atoms with Crippen LogP contribution in [0.25, 0.3) is 5.57 Å². The summed E-state index contributed by atoms with van der Waals surface area (Å²) in [6.07, 6.45) is 10.0. The first-order valence-electron chi connectivity index (χ1n) is 17.9. The fourth-order valence-corrected chi connectivity index (χ4v) is 10.8. The Kier molecular flexibility index (Phi) is 9.75. The molecule has 4 aliphatic carbocycles. The van der Waals surface area contributed by atoms with Crippen LogP contribution in [-0.4, -0.2) is 36.2 Å². The van der Waals surface area contributed by atoms with Gasteiger partial charge in [0, 0.05) is 32.1 Å². The predicted molar refractivity (Wildman–Crippen MR) is 186 cm³/mol. The summed E-state index contributed by atoms with van der Waals surface area (Å²) in [5.74, 6) is 0.363. The highest BCUT2D eigenvalue weighted by Gasteiger charge is 2.67. The maximum Gasteiger partial charge on any atom is 0.302 e. The molecule has 10 unspecified atom stereocenters. The molecule has 0 radical (unpaired) electrons. The number of carbonyl (C=O) groups is 3. The van der Waals surface area contributed by atoms with E-state index in [0.29, 0.717) is 0 Å². The quantitative estimate of drug-likeness (QED) is 0.169. The monoisotopic (exact) mass is 652 g/mol. The van der Waals surface area contributed by atoms with E-state index in [4.69, 9.17) is 14.2 Å². The lowest BCUT2D eigenvalue weighted by Crippen LogP contribution is -2.63. The topological polar surface area (TPSA) is 78.9 Å². The summed E-state index contributed by atoms with van der Waals surface area (Å²) in [6.45, 7) is 11.5. The summed E-state index contributed by atoms with van der Waals surface area (Å²) in [7, 11) is 0. The molecule has 0 spiro atoms. The zero-order chi connectivity index (χ0) is 34.2. The van der Waals surface area contributed by atoms with Crippen molar-refractivity contribution in [1.29, 1.82) is 0 Å². The van der Waals surface area contributed by atoms with Gasteiger partial charge in [0.15, 0.2) is 0 Å². The second kappa shape index (κ2) is 13.7. The molecular formula is C42H52O6. The highest BCUT2D eigenvalue weighted by Crippen LogP contribution is 2.69. The molecule has 6 nitrogen and oxygen atoms in total. The van der Waals surface area contributed by atoms with Crippen LogP contribution in [0.4, 0.5) is 0 Å². The largest absolute Gasteiger partial charge is 0.463 e. The van der Waals surface area contributed by atoms with E-state index in [9.17, 15) is 14.4 Å². The van der Waals surface area contributed by atoms with Crippen LogP contribution in [-0.2, 0) is 28.6 Å². The minimum atomic E-state index is -0.308. The Labute approximate surface area is 286 Å². The minimum Gasteiger partial charge on any atom is -0.463 e. The Balaban J connectivity index is 1.38. The van der Waals surface area contributed by atoms with Gasteiger partial charge in [0.25, 0.3) is 0 Å². The third-order valence-corrected chi connectivity index (χ3v) is 12.9. The highest BCUT2D eigenvalue weighted by atomic mass is 16.6. The molecule has 0 N–H and O–H groups in total. The van der Waals surface area contributed by atoms with Crippen LogP contribution in [0, 0.1) is 40.4 Å². The van der Waals surface area contributed by atoms with Crippen LogP contribution in [0.2, 0.25) is 0 Å². The lowest BCUT2D eigenvalue weighted by atomic mass is 9.43. The second-order valence-corrected chi connectivity index (χ2v) is 15.4. The zero-order valence-corrected chi connectivity index (χ0v) is 29.4. The summed E-state index contributed by atoms with van der Waals surface area (Å²) in [4.78, 5) is 37.2. The van der Waals surface area contributed by atoms with Gasteiger partial charge in [-0.1, -0.05) is 92.2 Å². The van der Waals surface area contributed by atoms with E-state index in [1.165, 1.54) is 43.0 Å². The molecule has 4 fully saturated rings. The van der Waals surface area contributed by atoms with Crippen LogP contribution >= 0.6 is 0 Å². The van der Waals surface area contributed by atoms with Crippen LogP contribution in [0.1, 0.15) is 97.6 Å². The lowest BCUT2D eigenvalue weighted by molar-refractivity contribution is -0.221. The van der Waals surface area contributed by atoms with Gasteiger partial charge in [-0.3, -0.25) is 14.4 Å². The maximum absolute atomic E-state index is 12.8. The molecule has 10 atom stereocenters. The van der Waals surface area contributed by atoms with Crippen molar-refractivity contribution in [1.82, 2.24) is 0 Å². The molecule has 0 bridgehead atoms. The number of carbonyl (C=O) groups excluding carboxylic acids is 3. The standard InChI is InChI=1S/C42H52O6/c1-26(17-18-34(30-13-9-7-10-14-30)31-15-11-8-12-16-31)35-19-20-36-40-37(25-39(42(35,36)6)48-29(4)45)41(5)22-21-33(46-27(2)43)23-32(41)24-38(40)47-28(3)44/h7-18,32-33,35-40H,19-25H2,1-6H3. The fraction of sp³-hybridized carbons (Fsp3) is 0.548. The third kappa shape index (κ3) is 6.40. The minimum absolute atomic E-state index is 0.0241. The summed E-state index contributed by atoms with van der Waals surface area (Å²) >= 11 is 0. The number of hydrogen-bond donors (Lipinski definition) is 0. The molecule has 2 aromatic carbocycles. The Bertz CT molecular complexity index is 1520. The van der Waals surface area contributed by atoms with Crippen molar-refractivity contribution in [3.8, 4) is 0 Å². The van der Waals surface area contributed by atoms with Gasteiger partial charge in [0.2, 0.25) is 0 Å². The molecule has 4 aliphatic rings. The molecule has 0 aromatic heterocycles. The molecular weight excluding hydrogens is 600 g/mol. The van der Waals surface area contributed by atoms with E-state index in [1.807, 2.05) is 12.1 Å². The van der Waals surface area contributed by atoms with Gasteiger partial charge in [-0.15, -0.1) is 0 Å². The highest BCUT2D eigenvalue weighted by molar-refractivity contribution is 5.80. The molecule has 256 valence electrons. The van der Waals surface area contributed by atoms with Crippen LogP contribution < -0.4 is 0 Å². The predicted octanol–water partition coefficient (Wildman–Crippen LogP) is 8.74. The summed E-state index contributed by atoms with van der Waals surface area (Å²) in [5, 5.41) is 0. The Hall–Kier alpha value is -3.67. The zero-order valence-electron chi connectivity index (χ0n) is 29.4. The SMILES string of the molecule is CC(=O)OC1CCC2(C)C(C1)CC(OC(C)=O)C1C2CC(OC(C)=O)C2(C)C(C(C)=CC=C(c3ccccc3)c3ccccc3)CCC12. The van der Waals surface area contributed by atoms with Gasteiger partial charge in [-0.2, -0.15) is 0 Å². The van der Waals surface area contributed by atoms with E-state index in [1.54, 1.807) is 0 Å². The first kappa shape index (κ1) is 34.2. The van der Waals surface area contributed by atoms with Gasteiger partial charge < -0.3 is 14.2 Å². The molecule has 4 saturated carbocycles. The smallest absolute Gasteiger partial charge is 0.302 e. The Morgan fingerprint density at radius 3 is 1.88 bits per heavy atom. The van der Waals surface area contributed by atoms with Gasteiger partial charge in [-0.25, -0.2) is 0 Å². The Morgan fingerprint density at radius 1 is 0.688 bits per heavy atom. The number of hydrogen-bond acceptors (Lipinski definition) is 6. The summed E-state index contributed by atoms with van der Waals surface area (Å²) in [6, 6.07) is 21.0. The number of benzene rings is 2. The normalized spacial score (nSPS) is 35.7. The average Bonchev–Trinajstić information content (AvgIpc) is 3.40. The van der Waals surface area contributed by atoms with E-state index in [-0.39, 0.29) is 76.6 Å². The van der Waals surface area contributed by atoms with Crippen LogP contribution in [0.15, 0.2) is 78.4 Å². The second-order valence-electron chi connectivity index (χ2n) is 15.4. The first-order chi connectivity index (χ1) is 22.9. The molecule has 6 heteroatoms. The lowest BCUT2D eigenvalue weighted by Gasteiger charge is -2.64. The van der Waals surface area contributed by atoms with E-state index in [0.717, 1.165) is 44.9 Å². The van der Waals surface area contributed by atoms with E-state index < -0.39 is 0 Å². The average molecular weight is 653 g/mol. The number of rotatable bonds is 7. The first-order valence-corrected chi connectivity index (χ1v) is 17.9. The van der Waals surface area contributed by atoms with Crippen molar-refractivity contribution in [3.63, 3.8) is 0 Å². The molecule has 0 amide bonds. The molecule has 0 heterocycles. The van der Waals surface area contributed by atoms with Gasteiger partial charge in [-0.05, 0) is 97.7 Å². The van der Waals surface area contributed by atoms with Gasteiger partial charge in [0.1, 0.15) is 18.3 Å². The maximum atomic E-state index is 12.8. The van der Waals surface area contributed by atoms with Crippen LogP contribution in [0.5, 0.6) is 0 Å². The molecule has 0 aliphatic heterocycles. The number of ether oxygens (including phenoxy) is 3. The number of fused-ring (bicyclic) bond motifs is 5. The molecule has 6 rings (SSSR count). The van der Waals surface area contributed by atoms with Crippen molar-refractivity contribution in [3.05, 3.63) is 89.5 Å². The van der Waals surface area contributed by atoms with Crippen molar-refractivity contribution >= 4 is 23.5 Å². The van der Waals surface area contributed by atoms with Crippen LogP contribution in [0.3, 0.4) is 0 Å². The third-order valence-electron chi connectivity index (χ3n) is 12.9. The van der Waals surface area contributed by atoms with Gasteiger partial charge in [0.05, 0.1) is 0 Å². The van der Waals surface area contributed by atoms with Crippen molar-refractivity contribution in [2.75, 3.05) is 0 Å². The fourth-order valence-electron chi connectivity index (χ4n) is 10.8.